The zero-order valence-corrected chi connectivity index (χ0v) is 10.9. The Balaban J connectivity index is 2.12. The maximum absolute atomic E-state index is 11.6. The van der Waals surface area contributed by atoms with Gasteiger partial charge in [-0.2, -0.15) is 12.6 Å². The average molecular weight is 276 g/mol. The van der Waals surface area contributed by atoms with Crippen LogP contribution in [0.15, 0.2) is 18.2 Å². The molecule has 0 aromatic heterocycles. The fourth-order valence-electron chi connectivity index (χ4n) is 1.76. The average Bonchev–Trinajstić information content (AvgIpc) is 2.50. The smallest absolute Gasteiger partial charge is 0.224 e. The molecule has 1 amide bonds. The minimum Gasteiger partial charge on any atom is -0.337 e. The Bertz CT molecular complexity index is 424. The molecule has 1 atom stereocenters. The van der Waals surface area contributed by atoms with Crippen LogP contribution >= 0.6 is 35.8 Å². The van der Waals surface area contributed by atoms with Crippen LogP contribution in [0.5, 0.6) is 0 Å². The van der Waals surface area contributed by atoms with E-state index in [0.29, 0.717) is 29.6 Å². The summed E-state index contributed by atoms with van der Waals surface area (Å²) in [5.74, 6) is 0.131. The quantitative estimate of drug-likeness (QED) is 0.823. The third-order valence-corrected chi connectivity index (χ3v) is 3.50. The van der Waals surface area contributed by atoms with Gasteiger partial charge in [0, 0.05) is 34.8 Å². The topological polar surface area (TPSA) is 20.3 Å². The molecule has 0 spiro atoms. The summed E-state index contributed by atoms with van der Waals surface area (Å²) in [6, 6.07) is 5.32. The molecule has 2 rings (SSSR count). The number of rotatable bonds is 2. The predicted molar refractivity (Wildman–Crippen MR) is 69.3 cm³/mol. The lowest BCUT2D eigenvalue weighted by Gasteiger charge is -2.16. The molecule has 1 saturated heterocycles. The zero-order chi connectivity index (χ0) is 11.7. The molecule has 0 bridgehead atoms. The highest BCUT2D eigenvalue weighted by atomic mass is 35.5. The number of benzene rings is 1. The SMILES string of the molecule is O=C1CC(S)CN1Cc1ccc(Cl)cc1Cl. The van der Waals surface area contributed by atoms with Crippen LogP contribution in [0, 0.1) is 0 Å². The minimum atomic E-state index is 0.131. The van der Waals surface area contributed by atoms with Crippen LogP contribution in [0.1, 0.15) is 12.0 Å². The van der Waals surface area contributed by atoms with Crippen molar-refractivity contribution in [2.45, 2.75) is 18.2 Å². The number of likely N-dealkylation sites (tertiary alicyclic amines) is 1. The molecule has 1 fully saturated rings. The summed E-state index contributed by atoms with van der Waals surface area (Å²) in [6.45, 7) is 1.22. The fourth-order valence-corrected chi connectivity index (χ4v) is 2.58. The van der Waals surface area contributed by atoms with E-state index >= 15 is 0 Å². The fraction of sp³-hybridized carbons (Fsp3) is 0.364. The van der Waals surface area contributed by atoms with Crippen LogP contribution in [0.4, 0.5) is 0 Å². The van der Waals surface area contributed by atoms with Crippen molar-refractivity contribution in [2.75, 3.05) is 6.54 Å². The van der Waals surface area contributed by atoms with Crippen molar-refractivity contribution in [2.24, 2.45) is 0 Å². The van der Waals surface area contributed by atoms with Gasteiger partial charge >= 0.3 is 0 Å². The van der Waals surface area contributed by atoms with Gasteiger partial charge in [-0.1, -0.05) is 29.3 Å². The Morgan fingerprint density at radius 1 is 1.44 bits per heavy atom. The molecule has 0 N–H and O–H groups in total. The summed E-state index contributed by atoms with van der Waals surface area (Å²) in [4.78, 5) is 13.3. The van der Waals surface area contributed by atoms with Gasteiger partial charge in [-0.3, -0.25) is 4.79 Å². The second-order valence-corrected chi connectivity index (χ2v) is 5.44. The first-order chi connectivity index (χ1) is 7.56. The molecule has 0 saturated carbocycles. The molecule has 0 radical (unpaired) electrons. The highest BCUT2D eigenvalue weighted by Gasteiger charge is 2.27. The first-order valence-electron chi connectivity index (χ1n) is 4.96. The van der Waals surface area contributed by atoms with Crippen LogP contribution in [-0.4, -0.2) is 22.6 Å². The molecule has 5 heteroatoms. The first kappa shape index (κ1) is 12.1. The van der Waals surface area contributed by atoms with E-state index in [1.165, 1.54) is 0 Å². The zero-order valence-electron chi connectivity index (χ0n) is 8.49. The summed E-state index contributed by atoms with van der Waals surface area (Å²) in [5.41, 5.74) is 0.918. The van der Waals surface area contributed by atoms with E-state index in [2.05, 4.69) is 12.6 Å². The number of hydrogen-bond acceptors (Lipinski definition) is 2. The lowest BCUT2D eigenvalue weighted by molar-refractivity contribution is -0.128. The van der Waals surface area contributed by atoms with Gasteiger partial charge in [0.05, 0.1) is 0 Å². The Labute approximate surface area is 110 Å². The molecule has 1 aromatic carbocycles. The van der Waals surface area contributed by atoms with Gasteiger partial charge in [0.1, 0.15) is 0 Å². The number of amides is 1. The second kappa shape index (κ2) is 4.86. The third kappa shape index (κ3) is 2.65. The van der Waals surface area contributed by atoms with Gasteiger partial charge < -0.3 is 4.90 Å². The standard InChI is InChI=1S/C11H11Cl2NOS/c12-8-2-1-7(10(13)3-8)5-14-6-9(16)4-11(14)15/h1-3,9,16H,4-6H2. The molecule has 0 aliphatic carbocycles. The number of carbonyl (C=O) groups is 1. The molecule has 1 heterocycles. The number of halogens is 2. The molecule has 1 aliphatic heterocycles. The van der Waals surface area contributed by atoms with Crippen molar-refractivity contribution in [1.82, 2.24) is 4.90 Å². The Hall–Kier alpha value is -0.380. The van der Waals surface area contributed by atoms with Gasteiger partial charge in [-0.25, -0.2) is 0 Å². The van der Waals surface area contributed by atoms with Crippen LogP contribution in [-0.2, 0) is 11.3 Å². The second-order valence-electron chi connectivity index (χ2n) is 3.87. The maximum Gasteiger partial charge on any atom is 0.224 e. The normalized spacial score (nSPS) is 20.6. The summed E-state index contributed by atoms with van der Waals surface area (Å²) < 4.78 is 0. The van der Waals surface area contributed by atoms with Gasteiger partial charge in [0.25, 0.3) is 0 Å². The molecule has 86 valence electrons. The van der Waals surface area contributed by atoms with E-state index in [1.807, 2.05) is 6.07 Å². The van der Waals surface area contributed by atoms with Crippen molar-refractivity contribution in [3.63, 3.8) is 0 Å². The highest BCUT2D eigenvalue weighted by Crippen LogP contribution is 2.25. The van der Waals surface area contributed by atoms with Gasteiger partial charge in [-0.15, -0.1) is 0 Å². The van der Waals surface area contributed by atoms with Crippen molar-refractivity contribution in [3.8, 4) is 0 Å². The third-order valence-electron chi connectivity index (χ3n) is 2.57. The Kier molecular flexibility index (Phi) is 3.67. The van der Waals surface area contributed by atoms with Gasteiger partial charge in [0.15, 0.2) is 0 Å². The number of hydrogen-bond donors (Lipinski definition) is 1. The van der Waals surface area contributed by atoms with Crippen LogP contribution in [0.3, 0.4) is 0 Å². The largest absolute Gasteiger partial charge is 0.337 e. The van der Waals surface area contributed by atoms with E-state index in [0.717, 1.165) is 5.56 Å². The number of carbonyl (C=O) groups excluding carboxylic acids is 1. The number of nitrogens with zero attached hydrogens (tertiary/aromatic N) is 1. The number of thiol groups is 1. The van der Waals surface area contributed by atoms with E-state index in [4.69, 9.17) is 23.2 Å². The lowest BCUT2D eigenvalue weighted by Crippen LogP contribution is -2.24. The van der Waals surface area contributed by atoms with E-state index in [-0.39, 0.29) is 11.2 Å². The maximum atomic E-state index is 11.6. The predicted octanol–water partition coefficient (Wildman–Crippen LogP) is 3.02. The van der Waals surface area contributed by atoms with Gasteiger partial charge in [0.2, 0.25) is 5.91 Å². The molecule has 1 aromatic rings. The van der Waals surface area contributed by atoms with Crippen molar-refractivity contribution in [1.29, 1.82) is 0 Å². The molecule has 1 aliphatic rings. The van der Waals surface area contributed by atoms with Gasteiger partial charge in [-0.05, 0) is 17.7 Å². The Morgan fingerprint density at radius 2 is 2.19 bits per heavy atom. The molecular formula is C11H11Cl2NOS. The van der Waals surface area contributed by atoms with Crippen LogP contribution < -0.4 is 0 Å². The van der Waals surface area contributed by atoms with E-state index < -0.39 is 0 Å². The summed E-state index contributed by atoms with van der Waals surface area (Å²) in [7, 11) is 0. The van der Waals surface area contributed by atoms with Crippen molar-refractivity contribution in [3.05, 3.63) is 33.8 Å². The summed E-state index contributed by atoms with van der Waals surface area (Å²) in [5, 5.41) is 1.34. The van der Waals surface area contributed by atoms with E-state index in [9.17, 15) is 4.79 Å². The molecule has 2 nitrogen and oxygen atoms in total. The molecule has 16 heavy (non-hydrogen) atoms. The lowest BCUT2D eigenvalue weighted by atomic mass is 10.2. The summed E-state index contributed by atoms with van der Waals surface area (Å²) >= 11 is 16.2. The Morgan fingerprint density at radius 3 is 2.75 bits per heavy atom. The van der Waals surface area contributed by atoms with E-state index in [1.54, 1.807) is 17.0 Å². The molecule has 1 unspecified atom stereocenters. The summed E-state index contributed by atoms with van der Waals surface area (Å²) in [6.07, 6.45) is 0.508. The minimum absolute atomic E-state index is 0.131. The van der Waals surface area contributed by atoms with Crippen LogP contribution in [0.25, 0.3) is 0 Å². The van der Waals surface area contributed by atoms with Crippen molar-refractivity contribution < 1.29 is 4.79 Å². The monoisotopic (exact) mass is 275 g/mol. The van der Waals surface area contributed by atoms with Crippen molar-refractivity contribution >= 4 is 41.7 Å². The molecular weight excluding hydrogens is 265 g/mol. The van der Waals surface area contributed by atoms with Crippen LogP contribution in [0.2, 0.25) is 10.0 Å². The first-order valence-corrected chi connectivity index (χ1v) is 6.23. The highest BCUT2D eigenvalue weighted by molar-refractivity contribution is 7.81.